The molecular weight excluding hydrogens is 446 g/mol. The summed E-state index contributed by atoms with van der Waals surface area (Å²) in [6, 6.07) is 24.6. The van der Waals surface area contributed by atoms with Crippen LogP contribution in [0.1, 0.15) is 11.1 Å². The molecule has 1 fully saturated rings. The number of amides is 4. The Hall–Kier alpha value is -3.45. The smallest absolute Gasteiger partial charge is 0.324 e. The predicted molar refractivity (Wildman–Crippen MR) is 117 cm³/mol. The summed E-state index contributed by atoms with van der Waals surface area (Å²) in [5.74, 6) is -0.963. The third-order valence-corrected chi connectivity index (χ3v) is 5.66. The number of carbonyl (C=O) groups excluding carboxylic acids is 3. The SMILES string of the molecule is O=C(CN1C(=O)NC(c2ccccc2)(c2ccccc2)C1=O)Nc1ccccc1Br. The highest BCUT2D eigenvalue weighted by atomic mass is 79.9. The molecule has 0 aliphatic carbocycles. The third-order valence-electron chi connectivity index (χ3n) is 4.97. The van der Waals surface area contributed by atoms with Gasteiger partial charge in [0.1, 0.15) is 6.54 Å². The van der Waals surface area contributed by atoms with E-state index in [0.717, 1.165) is 4.90 Å². The van der Waals surface area contributed by atoms with Gasteiger partial charge in [0.25, 0.3) is 5.91 Å². The minimum Gasteiger partial charge on any atom is -0.324 e. The molecule has 1 aliphatic heterocycles. The van der Waals surface area contributed by atoms with E-state index in [2.05, 4.69) is 26.6 Å². The molecule has 4 amide bonds. The summed E-state index contributed by atoms with van der Waals surface area (Å²) in [7, 11) is 0. The van der Waals surface area contributed by atoms with Crippen LogP contribution >= 0.6 is 15.9 Å². The normalized spacial score (nSPS) is 15.0. The maximum atomic E-state index is 13.5. The summed E-state index contributed by atoms with van der Waals surface area (Å²) in [5.41, 5.74) is 0.436. The summed E-state index contributed by atoms with van der Waals surface area (Å²) in [6.07, 6.45) is 0. The van der Waals surface area contributed by atoms with Crippen LogP contribution in [0.25, 0.3) is 0 Å². The lowest BCUT2D eigenvalue weighted by molar-refractivity contribution is -0.133. The Morgan fingerprint density at radius 1 is 0.867 bits per heavy atom. The molecule has 0 saturated carbocycles. The molecule has 0 aromatic heterocycles. The summed E-state index contributed by atoms with van der Waals surface area (Å²) >= 11 is 3.37. The van der Waals surface area contributed by atoms with E-state index in [4.69, 9.17) is 0 Å². The number of benzene rings is 3. The van der Waals surface area contributed by atoms with Crippen LogP contribution < -0.4 is 10.6 Å². The molecule has 0 unspecified atom stereocenters. The average molecular weight is 464 g/mol. The molecule has 7 heteroatoms. The van der Waals surface area contributed by atoms with Gasteiger partial charge in [-0.05, 0) is 39.2 Å². The van der Waals surface area contributed by atoms with Crippen molar-refractivity contribution in [1.82, 2.24) is 10.2 Å². The monoisotopic (exact) mass is 463 g/mol. The fourth-order valence-corrected chi connectivity index (χ4v) is 3.93. The maximum Gasteiger partial charge on any atom is 0.326 e. The van der Waals surface area contributed by atoms with Crippen LogP contribution in [0.4, 0.5) is 10.5 Å². The van der Waals surface area contributed by atoms with Crippen molar-refractivity contribution in [3.05, 3.63) is 101 Å². The number of halogens is 1. The van der Waals surface area contributed by atoms with Crippen molar-refractivity contribution in [2.75, 3.05) is 11.9 Å². The highest BCUT2D eigenvalue weighted by molar-refractivity contribution is 9.10. The molecule has 2 N–H and O–H groups in total. The second kappa shape index (κ2) is 8.12. The number of nitrogens with one attached hydrogen (secondary N) is 2. The van der Waals surface area contributed by atoms with Gasteiger partial charge in [-0.15, -0.1) is 0 Å². The van der Waals surface area contributed by atoms with Crippen LogP contribution in [0.2, 0.25) is 0 Å². The van der Waals surface area contributed by atoms with Crippen molar-refractivity contribution >= 4 is 39.5 Å². The molecule has 30 heavy (non-hydrogen) atoms. The Morgan fingerprint density at radius 2 is 1.40 bits per heavy atom. The molecule has 150 valence electrons. The van der Waals surface area contributed by atoms with Gasteiger partial charge < -0.3 is 10.6 Å². The van der Waals surface area contributed by atoms with Gasteiger partial charge >= 0.3 is 6.03 Å². The topological polar surface area (TPSA) is 78.5 Å². The van der Waals surface area contributed by atoms with Crippen LogP contribution in [0.15, 0.2) is 89.4 Å². The van der Waals surface area contributed by atoms with E-state index in [0.29, 0.717) is 21.3 Å². The lowest BCUT2D eigenvalue weighted by Crippen LogP contribution is -2.45. The fourth-order valence-electron chi connectivity index (χ4n) is 3.55. The standard InChI is InChI=1S/C23H18BrN3O3/c24-18-13-7-8-14-19(18)25-20(28)15-27-21(29)23(26-22(27)30,16-9-3-1-4-10-16)17-11-5-2-6-12-17/h1-14H,15H2,(H,25,28)(H,26,30). The molecule has 3 aromatic carbocycles. The van der Waals surface area contributed by atoms with E-state index in [9.17, 15) is 14.4 Å². The molecule has 1 heterocycles. The molecule has 0 atom stereocenters. The van der Waals surface area contributed by atoms with Gasteiger partial charge in [0, 0.05) is 4.47 Å². The van der Waals surface area contributed by atoms with Crippen molar-refractivity contribution < 1.29 is 14.4 Å². The first-order valence-electron chi connectivity index (χ1n) is 9.32. The van der Waals surface area contributed by atoms with Crippen LogP contribution in [-0.4, -0.2) is 29.3 Å². The molecule has 4 rings (SSSR count). The van der Waals surface area contributed by atoms with E-state index >= 15 is 0 Å². The molecule has 0 radical (unpaired) electrons. The molecular formula is C23H18BrN3O3. The quantitative estimate of drug-likeness (QED) is 0.563. The highest BCUT2D eigenvalue weighted by Gasteiger charge is 2.54. The van der Waals surface area contributed by atoms with Crippen LogP contribution in [0, 0.1) is 0 Å². The van der Waals surface area contributed by atoms with Crippen LogP contribution in [0.3, 0.4) is 0 Å². The number of imide groups is 1. The van der Waals surface area contributed by atoms with Gasteiger partial charge in [0.05, 0.1) is 5.69 Å². The van der Waals surface area contributed by atoms with Crippen LogP contribution in [0.5, 0.6) is 0 Å². The number of hydrogen-bond donors (Lipinski definition) is 2. The van der Waals surface area contributed by atoms with Gasteiger partial charge in [0.2, 0.25) is 5.91 Å². The number of carbonyl (C=O) groups is 3. The van der Waals surface area contributed by atoms with Crippen LogP contribution in [-0.2, 0) is 15.1 Å². The van der Waals surface area contributed by atoms with Gasteiger partial charge in [-0.1, -0.05) is 72.8 Å². The van der Waals surface area contributed by atoms with Gasteiger partial charge in [0.15, 0.2) is 5.54 Å². The second-order valence-corrected chi connectivity index (χ2v) is 7.69. The zero-order valence-corrected chi connectivity index (χ0v) is 17.4. The Balaban J connectivity index is 1.66. The summed E-state index contributed by atoms with van der Waals surface area (Å²) in [5, 5.41) is 5.55. The number of para-hydroxylation sites is 1. The lowest BCUT2D eigenvalue weighted by atomic mass is 9.82. The van der Waals surface area contributed by atoms with Crippen molar-refractivity contribution in [3.63, 3.8) is 0 Å². The lowest BCUT2D eigenvalue weighted by Gasteiger charge is -2.28. The number of rotatable bonds is 5. The Morgan fingerprint density at radius 3 is 1.97 bits per heavy atom. The van der Waals surface area contributed by atoms with Crippen molar-refractivity contribution in [2.24, 2.45) is 0 Å². The van der Waals surface area contributed by atoms with Gasteiger partial charge in [-0.3, -0.25) is 14.5 Å². The maximum absolute atomic E-state index is 13.5. The first-order valence-corrected chi connectivity index (χ1v) is 10.1. The van der Waals surface area contributed by atoms with E-state index in [1.165, 1.54) is 0 Å². The zero-order chi connectivity index (χ0) is 21.1. The molecule has 6 nitrogen and oxygen atoms in total. The Labute approximate surface area is 182 Å². The molecule has 0 spiro atoms. The van der Waals surface area contributed by atoms with E-state index in [-0.39, 0.29) is 0 Å². The van der Waals surface area contributed by atoms with E-state index in [1.54, 1.807) is 42.5 Å². The van der Waals surface area contributed by atoms with Crippen molar-refractivity contribution in [3.8, 4) is 0 Å². The first-order chi connectivity index (χ1) is 14.5. The number of urea groups is 1. The highest BCUT2D eigenvalue weighted by Crippen LogP contribution is 2.36. The average Bonchev–Trinajstić information content (AvgIpc) is 3.02. The molecule has 0 bridgehead atoms. The fraction of sp³-hybridized carbons (Fsp3) is 0.0870. The largest absolute Gasteiger partial charge is 0.326 e. The minimum atomic E-state index is -1.38. The third kappa shape index (κ3) is 3.48. The number of hydrogen-bond acceptors (Lipinski definition) is 3. The Kier molecular flexibility index (Phi) is 5.37. The van der Waals surface area contributed by atoms with Crippen molar-refractivity contribution in [1.29, 1.82) is 0 Å². The van der Waals surface area contributed by atoms with E-state index in [1.807, 2.05) is 42.5 Å². The zero-order valence-electron chi connectivity index (χ0n) is 15.8. The summed E-state index contributed by atoms with van der Waals surface area (Å²) in [4.78, 5) is 39.9. The number of nitrogens with zero attached hydrogens (tertiary/aromatic N) is 1. The molecule has 3 aromatic rings. The molecule has 1 aliphatic rings. The van der Waals surface area contributed by atoms with Gasteiger partial charge in [-0.25, -0.2) is 4.79 Å². The Bertz CT molecular complexity index is 1060. The summed E-state index contributed by atoms with van der Waals surface area (Å²) in [6.45, 7) is -0.395. The van der Waals surface area contributed by atoms with Crippen molar-refractivity contribution in [2.45, 2.75) is 5.54 Å². The van der Waals surface area contributed by atoms with E-state index < -0.39 is 29.9 Å². The number of anilines is 1. The first kappa shape index (κ1) is 19.8. The minimum absolute atomic E-state index is 0.395. The summed E-state index contributed by atoms with van der Waals surface area (Å²) < 4.78 is 0.707. The molecule has 1 saturated heterocycles. The second-order valence-electron chi connectivity index (χ2n) is 6.83. The predicted octanol–water partition coefficient (Wildman–Crippen LogP) is 3.88. The van der Waals surface area contributed by atoms with Gasteiger partial charge in [-0.2, -0.15) is 0 Å².